The lowest BCUT2D eigenvalue weighted by atomic mass is 9.88. The Morgan fingerprint density at radius 2 is 1.83 bits per heavy atom. The van der Waals surface area contributed by atoms with Crippen LogP contribution in [0, 0.1) is 6.92 Å². The number of carbonyl (C=O) groups is 1. The van der Waals surface area contributed by atoms with Crippen LogP contribution in [0.5, 0.6) is 0 Å². The van der Waals surface area contributed by atoms with Crippen LogP contribution in [-0.2, 0) is 0 Å². The largest absolute Gasteiger partial charge is 0.338 e. The molecule has 2 aliphatic rings. The molecule has 5 heteroatoms. The molecular weight excluding hydrogens is 298 g/mol. The van der Waals surface area contributed by atoms with Crippen LogP contribution in [0.4, 0.5) is 8.78 Å². The first-order chi connectivity index (χ1) is 10.9. The van der Waals surface area contributed by atoms with Crippen molar-refractivity contribution in [2.45, 2.75) is 44.4 Å². The third-order valence-corrected chi connectivity index (χ3v) is 4.94. The van der Waals surface area contributed by atoms with E-state index < -0.39 is 5.92 Å². The predicted molar refractivity (Wildman–Crippen MR) is 86.1 cm³/mol. The summed E-state index contributed by atoms with van der Waals surface area (Å²) in [5.74, 6) is -2.25. The van der Waals surface area contributed by atoms with E-state index in [-0.39, 0.29) is 31.8 Å². The molecule has 1 aromatic rings. The molecule has 0 bridgehead atoms. The molecule has 1 amide bonds. The second kappa shape index (κ2) is 6.56. The Morgan fingerprint density at radius 1 is 1.17 bits per heavy atom. The quantitative estimate of drug-likeness (QED) is 0.906. The summed E-state index contributed by atoms with van der Waals surface area (Å²) in [6.07, 6.45) is 1.69. The van der Waals surface area contributed by atoms with Crippen molar-refractivity contribution in [3.05, 3.63) is 34.9 Å². The van der Waals surface area contributed by atoms with Crippen molar-refractivity contribution in [1.82, 2.24) is 10.2 Å². The number of hydrogen-bond acceptors (Lipinski definition) is 2. The number of benzene rings is 1. The molecule has 0 aromatic heterocycles. The van der Waals surface area contributed by atoms with Gasteiger partial charge in [0.05, 0.1) is 0 Å². The van der Waals surface area contributed by atoms with E-state index in [1.165, 1.54) is 5.56 Å². The maximum absolute atomic E-state index is 13.3. The van der Waals surface area contributed by atoms with E-state index in [4.69, 9.17) is 0 Å². The van der Waals surface area contributed by atoms with Gasteiger partial charge < -0.3 is 10.2 Å². The topological polar surface area (TPSA) is 32.3 Å². The molecule has 0 radical (unpaired) electrons. The van der Waals surface area contributed by atoms with E-state index >= 15 is 0 Å². The zero-order valence-corrected chi connectivity index (χ0v) is 13.6. The molecule has 0 unspecified atom stereocenters. The highest BCUT2D eigenvalue weighted by atomic mass is 19.3. The first-order valence-corrected chi connectivity index (χ1v) is 8.44. The number of piperidine rings is 2. The summed E-state index contributed by atoms with van der Waals surface area (Å²) < 4.78 is 26.5. The second-order valence-corrected chi connectivity index (χ2v) is 6.80. The maximum atomic E-state index is 13.3. The van der Waals surface area contributed by atoms with Crippen molar-refractivity contribution in [2.75, 3.05) is 26.2 Å². The van der Waals surface area contributed by atoms with Gasteiger partial charge in [0.25, 0.3) is 11.8 Å². The number of rotatable bonds is 2. The molecular formula is C18H24F2N2O. The second-order valence-electron chi connectivity index (χ2n) is 6.80. The fourth-order valence-corrected chi connectivity index (χ4v) is 3.55. The third kappa shape index (κ3) is 3.89. The molecule has 2 fully saturated rings. The molecule has 0 saturated carbocycles. The van der Waals surface area contributed by atoms with Gasteiger partial charge in [-0.25, -0.2) is 8.78 Å². The van der Waals surface area contributed by atoms with E-state index in [1.54, 1.807) is 4.90 Å². The summed E-state index contributed by atoms with van der Waals surface area (Å²) in [4.78, 5) is 14.2. The molecule has 0 aliphatic carbocycles. The average Bonchev–Trinajstić information content (AvgIpc) is 2.54. The standard InChI is InChI=1S/C18H24F2N2O/c1-13-10-15(14-2-6-21-7-3-14)12-16(11-13)17(23)22-8-4-18(19,20)5-9-22/h10-12,14,21H,2-9H2,1H3. The molecule has 2 heterocycles. The van der Waals surface area contributed by atoms with Gasteiger partial charge in [0.1, 0.15) is 0 Å². The lowest BCUT2D eigenvalue weighted by molar-refractivity contribution is -0.0494. The Kier molecular flexibility index (Phi) is 4.67. The molecule has 126 valence electrons. The van der Waals surface area contributed by atoms with Crippen LogP contribution in [0.25, 0.3) is 0 Å². The number of nitrogens with one attached hydrogen (secondary N) is 1. The van der Waals surface area contributed by atoms with Gasteiger partial charge in [-0.05, 0) is 56.5 Å². The van der Waals surface area contributed by atoms with Crippen molar-refractivity contribution >= 4 is 5.91 Å². The molecule has 23 heavy (non-hydrogen) atoms. The Labute approximate surface area is 136 Å². The maximum Gasteiger partial charge on any atom is 0.253 e. The smallest absolute Gasteiger partial charge is 0.253 e. The van der Waals surface area contributed by atoms with Crippen LogP contribution in [0.2, 0.25) is 0 Å². The minimum atomic E-state index is -2.62. The molecule has 2 aliphatic heterocycles. The molecule has 3 nitrogen and oxygen atoms in total. The summed E-state index contributed by atoms with van der Waals surface area (Å²) in [5, 5.41) is 3.35. The van der Waals surface area contributed by atoms with Gasteiger partial charge in [0.15, 0.2) is 0 Å². The number of likely N-dealkylation sites (tertiary alicyclic amines) is 1. The van der Waals surface area contributed by atoms with Gasteiger partial charge in [-0.15, -0.1) is 0 Å². The molecule has 1 aromatic carbocycles. The number of alkyl halides is 2. The third-order valence-electron chi connectivity index (χ3n) is 4.94. The predicted octanol–water partition coefficient (Wildman–Crippen LogP) is 3.33. The number of nitrogens with zero attached hydrogens (tertiary/aromatic N) is 1. The van der Waals surface area contributed by atoms with Crippen molar-refractivity contribution < 1.29 is 13.6 Å². The summed E-state index contributed by atoms with van der Waals surface area (Å²) in [6, 6.07) is 5.99. The monoisotopic (exact) mass is 322 g/mol. The molecule has 0 atom stereocenters. The van der Waals surface area contributed by atoms with Gasteiger partial charge in [-0.2, -0.15) is 0 Å². The van der Waals surface area contributed by atoms with E-state index in [9.17, 15) is 13.6 Å². The lowest BCUT2D eigenvalue weighted by Gasteiger charge is -2.32. The Hall–Kier alpha value is -1.49. The van der Waals surface area contributed by atoms with Gasteiger partial charge >= 0.3 is 0 Å². The first-order valence-electron chi connectivity index (χ1n) is 8.44. The highest BCUT2D eigenvalue weighted by molar-refractivity contribution is 5.94. The van der Waals surface area contributed by atoms with Crippen molar-refractivity contribution in [3.63, 3.8) is 0 Å². The highest BCUT2D eigenvalue weighted by Crippen LogP contribution is 2.30. The highest BCUT2D eigenvalue weighted by Gasteiger charge is 2.35. The Morgan fingerprint density at radius 3 is 2.48 bits per heavy atom. The minimum Gasteiger partial charge on any atom is -0.338 e. The fraction of sp³-hybridized carbons (Fsp3) is 0.611. The molecule has 3 rings (SSSR count). The number of amides is 1. The molecule has 0 spiro atoms. The zero-order chi connectivity index (χ0) is 16.4. The summed E-state index contributed by atoms with van der Waals surface area (Å²) in [5.41, 5.74) is 2.91. The van der Waals surface area contributed by atoms with Crippen LogP contribution in [0.1, 0.15) is 53.1 Å². The number of halogens is 2. The van der Waals surface area contributed by atoms with Gasteiger partial charge in [0, 0.05) is 31.5 Å². The van der Waals surface area contributed by atoms with Crippen molar-refractivity contribution in [1.29, 1.82) is 0 Å². The van der Waals surface area contributed by atoms with Gasteiger partial charge in [-0.3, -0.25) is 4.79 Å². The van der Waals surface area contributed by atoms with Crippen molar-refractivity contribution in [3.8, 4) is 0 Å². The van der Waals surface area contributed by atoms with E-state index in [0.29, 0.717) is 11.5 Å². The summed E-state index contributed by atoms with van der Waals surface area (Å²) >= 11 is 0. The van der Waals surface area contributed by atoms with Crippen LogP contribution >= 0.6 is 0 Å². The summed E-state index contributed by atoms with van der Waals surface area (Å²) in [7, 11) is 0. The van der Waals surface area contributed by atoms with E-state index in [2.05, 4.69) is 11.4 Å². The average molecular weight is 322 g/mol. The number of hydrogen-bond donors (Lipinski definition) is 1. The van der Waals surface area contributed by atoms with Crippen LogP contribution < -0.4 is 5.32 Å². The van der Waals surface area contributed by atoms with Crippen LogP contribution in [0.15, 0.2) is 18.2 Å². The minimum absolute atomic E-state index is 0.112. The van der Waals surface area contributed by atoms with Crippen molar-refractivity contribution in [2.24, 2.45) is 0 Å². The van der Waals surface area contributed by atoms with E-state index in [1.807, 2.05) is 19.1 Å². The number of aryl methyl sites for hydroxylation is 1. The Bertz CT molecular complexity index is 572. The Balaban J connectivity index is 1.76. The van der Waals surface area contributed by atoms with Gasteiger partial charge in [-0.1, -0.05) is 11.6 Å². The zero-order valence-electron chi connectivity index (χ0n) is 13.6. The molecule has 2 saturated heterocycles. The SMILES string of the molecule is Cc1cc(C(=O)N2CCC(F)(F)CC2)cc(C2CCNCC2)c1. The fourth-order valence-electron chi connectivity index (χ4n) is 3.55. The summed E-state index contributed by atoms with van der Waals surface area (Å²) in [6.45, 7) is 4.28. The lowest BCUT2D eigenvalue weighted by Crippen LogP contribution is -2.42. The van der Waals surface area contributed by atoms with Crippen LogP contribution in [0.3, 0.4) is 0 Å². The van der Waals surface area contributed by atoms with E-state index in [0.717, 1.165) is 31.5 Å². The molecule has 1 N–H and O–H groups in total. The van der Waals surface area contributed by atoms with Gasteiger partial charge in [0.2, 0.25) is 0 Å². The van der Waals surface area contributed by atoms with Crippen LogP contribution in [-0.4, -0.2) is 42.9 Å². The first kappa shape index (κ1) is 16.4. The number of carbonyl (C=O) groups excluding carboxylic acids is 1. The normalized spacial score (nSPS) is 22.1.